The topological polar surface area (TPSA) is 125 Å². The lowest BCUT2D eigenvalue weighted by Gasteiger charge is -2.45. The molecule has 37 heavy (non-hydrogen) atoms. The third kappa shape index (κ3) is 6.05. The van der Waals surface area contributed by atoms with Crippen LogP contribution in [0.3, 0.4) is 0 Å². The van der Waals surface area contributed by atoms with E-state index in [1.807, 2.05) is 6.92 Å². The van der Waals surface area contributed by atoms with Crippen LogP contribution in [0.4, 0.5) is 0 Å². The molecular weight excluding hydrogens is 558 g/mol. The molecule has 0 radical (unpaired) electrons. The Balaban J connectivity index is 1.68. The minimum Gasteiger partial charge on any atom is -0.469 e. The molecule has 0 saturated carbocycles. The molecule has 1 aliphatic rings. The lowest BCUT2D eigenvalue weighted by Crippen LogP contribution is -2.62. The van der Waals surface area contributed by atoms with Crippen LogP contribution in [-0.2, 0) is 35.4 Å². The molecule has 4 heterocycles. The summed E-state index contributed by atoms with van der Waals surface area (Å²) in [5.41, 5.74) is -0.226. The van der Waals surface area contributed by atoms with E-state index in [4.69, 9.17) is 21.1 Å². The van der Waals surface area contributed by atoms with E-state index in [0.717, 1.165) is 17.4 Å². The second-order valence-electron chi connectivity index (χ2n) is 10.3. The van der Waals surface area contributed by atoms with Gasteiger partial charge < -0.3 is 14.2 Å². The normalized spacial score (nSPS) is 15.8. The van der Waals surface area contributed by atoms with Crippen molar-refractivity contribution in [2.24, 2.45) is 0 Å². The highest BCUT2D eigenvalue weighted by atomic mass is 35.5. The summed E-state index contributed by atoms with van der Waals surface area (Å²) in [6.45, 7) is 9.48. The average Bonchev–Trinajstić information content (AvgIpc) is 3.43. The van der Waals surface area contributed by atoms with Crippen molar-refractivity contribution < 1.29 is 27.4 Å². The summed E-state index contributed by atoms with van der Waals surface area (Å²) in [5, 5.41) is 9.23. The van der Waals surface area contributed by atoms with E-state index in [2.05, 4.69) is 39.6 Å². The third-order valence-corrected chi connectivity index (χ3v) is 10.8. The van der Waals surface area contributed by atoms with E-state index in [1.165, 1.54) is 29.9 Å². The van der Waals surface area contributed by atoms with Crippen molar-refractivity contribution >= 4 is 52.5 Å². The minimum absolute atomic E-state index is 0.00882. The molecule has 1 fully saturated rings. The number of carbonyl (C=O) groups excluding carboxylic acids is 1. The van der Waals surface area contributed by atoms with E-state index >= 15 is 0 Å². The Morgan fingerprint density at radius 3 is 2.68 bits per heavy atom. The Labute approximate surface area is 225 Å². The number of ether oxygens (including phenoxy) is 3. The summed E-state index contributed by atoms with van der Waals surface area (Å²) in [6, 6.07) is 2.34. The standard InChI is InChI=1S/C22H30ClN5O6S2Si/c1-22(12-34-13-22)28(14-33-6-7-37(3,4)5)36(30,31)15-8-16(23)17-10-24-20(27(17)11-15)21-26-25-18(35-21)9-19(29)32-2/h8,10-11H,6-7,9,12-14H2,1-5H3. The molecule has 0 bridgehead atoms. The highest BCUT2D eigenvalue weighted by Gasteiger charge is 2.46. The molecule has 3 aromatic rings. The zero-order valence-electron chi connectivity index (χ0n) is 21.4. The van der Waals surface area contributed by atoms with Crippen LogP contribution in [0.15, 0.2) is 23.4 Å². The minimum atomic E-state index is -4.03. The van der Waals surface area contributed by atoms with Gasteiger partial charge in [-0.25, -0.2) is 13.4 Å². The van der Waals surface area contributed by atoms with Gasteiger partial charge in [-0.05, 0) is 19.0 Å². The van der Waals surface area contributed by atoms with Gasteiger partial charge in [0, 0.05) is 20.9 Å². The predicted octanol–water partition coefficient (Wildman–Crippen LogP) is 3.31. The third-order valence-electron chi connectivity index (χ3n) is 5.97. The van der Waals surface area contributed by atoms with E-state index in [-0.39, 0.29) is 36.3 Å². The zero-order chi connectivity index (χ0) is 27.0. The molecule has 202 valence electrons. The Morgan fingerprint density at radius 2 is 2.05 bits per heavy atom. The number of carbonyl (C=O) groups is 1. The number of sulfonamides is 1. The fraction of sp³-hybridized carbons (Fsp3) is 0.545. The van der Waals surface area contributed by atoms with Gasteiger partial charge in [0.05, 0.1) is 49.0 Å². The molecule has 11 nitrogen and oxygen atoms in total. The molecule has 0 aromatic carbocycles. The Hall–Kier alpha value is -1.94. The van der Waals surface area contributed by atoms with Crippen LogP contribution in [0, 0.1) is 0 Å². The first-order chi connectivity index (χ1) is 17.3. The number of fused-ring (bicyclic) bond motifs is 1. The van der Waals surface area contributed by atoms with Crippen molar-refractivity contribution in [3.05, 3.63) is 28.5 Å². The maximum absolute atomic E-state index is 13.9. The molecule has 15 heteroatoms. The highest BCUT2D eigenvalue weighted by molar-refractivity contribution is 7.89. The van der Waals surface area contributed by atoms with Gasteiger partial charge in [0.15, 0.2) is 10.8 Å². The van der Waals surface area contributed by atoms with Crippen molar-refractivity contribution in [2.75, 3.05) is 33.7 Å². The molecule has 4 rings (SSSR count). The van der Waals surface area contributed by atoms with Gasteiger partial charge in [0.2, 0.25) is 10.0 Å². The number of rotatable bonds is 11. The summed E-state index contributed by atoms with van der Waals surface area (Å²) < 4.78 is 46.7. The van der Waals surface area contributed by atoms with Crippen molar-refractivity contribution in [1.82, 2.24) is 23.9 Å². The van der Waals surface area contributed by atoms with Crippen LogP contribution in [-0.4, -0.2) is 85.5 Å². The number of halogens is 1. The monoisotopic (exact) mass is 587 g/mol. The first-order valence-corrected chi connectivity index (χ1v) is 17.9. The fourth-order valence-electron chi connectivity index (χ4n) is 3.65. The first kappa shape index (κ1) is 28.1. The van der Waals surface area contributed by atoms with E-state index in [9.17, 15) is 13.2 Å². The van der Waals surface area contributed by atoms with Gasteiger partial charge in [0.1, 0.15) is 16.6 Å². The van der Waals surface area contributed by atoms with E-state index in [0.29, 0.717) is 28.0 Å². The Bertz CT molecular complexity index is 1400. The molecule has 1 aliphatic heterocycles. The summed E-state index contributed by atoms with van der Waals surface area (Å²) >= 11 is 7.68. The van der Waals surface area contributed by atoms with Crippen LogP contribution in [0.1, 0.15) is 11.9 Å². The molecule has 0 unspecified atom stereocenters. The summed E-state index contributed by atoms with van der Waals surface area (Å²) in [4.78, 5) is 16.0. The van der Waals surface area contributed by atoms with E-state index in [1.54, 1.807) is 4.40 Å². The number of imidazole rings is 1. The summed E-state index contributed by atoms with van der Waals surface area (Å²) in [5.74, 6) is -0.0774. The van der Waals surface area contributed by atoms with Crippen LogP contribution < -0.4 is 0 Å². The zero-order valence-corrected chi connectivity index (χ0v) is 24.7. The summed E-state index contributed by atoms with van der Waals surface area (Å²) in [6.07, 6.45) is 2.98. The summed E-state index contributed by atoms with van der Waals surface area (Å²) in [7, 11) is -4.07. The maximum atomic E-state index is 13.9. The smallest absolute Gasteiger partial charge is 0.312 e. The van der Waals surface area contributed by atoms with Crippen molar-refractivity contribution in [2.45, 2.75) is 49.5 Å². The molecular formula is C22H30ClN5O6S2Si. The van der Waals surface area contributed by atoms with Gasteiger partial charge in [-0.1, -0.05) is 42.6 Å². The second-order valence-corrected chi connectivity index (χ2v) is 19.3. The maximum Gasteiger partial charge on any atom is 0.312 e. The number of esters is 1. The number of methoxy groups -OCH3 is 1. The number of hydrogen-bond donors (Lipinski definition) is 0. The van der Waals surface area contributed by atoms with E-state index < -0.39 is 29.6 Å². The van der Waals surface area contributed by atoms with Crippen LogP contribution >= 0.6 is 22.9 Å². The van der Waals surface area contributed by atoms with Gasteiger partial charge in [-0.3, -0.25) is 9.20 Å². The second kappa shape index (κ2) is 10.7. The van der Waals surface area contributed by atoms with Gasteiger partial charge in [-0.2, -0.15) is 4.31 Å². The lowest BCUT2D eigenvalue weighted by molar-refractivity contribution is -0.139. The molecule has 0 amide bonds. The van der Waals surface area contributed by atoms with Crippen molar-refractivity contribution in [1.29, 1.82) is 0 Å². The number of aromatic nitrogens is 4. The first-order valence-electron chi connectivity index (χ1n) is 11.6. The number of nitrogens with zero attached hydrogens (tertiary/aromatic N) is 5. The molecule has 1 saturated heterocycles. The number of hydrogen-bond acceptors (Lipinski definition) is 10. The van der Waals surface area contributed by atoms with Gasteiger partial charge >= 0.3 is 5.97 Å². The lowest BCUT2D eigenvalue weighted by atomic mass is 10.0. The quantitative estimate of drug-likeness (QED) is 0.144. The molecule has 0 atom stereocenters. The molecule has 0 spiro atoms. The predicted molar refractivity (Wildman–Crippen MR) is 142 cm³/mol. The average molecular weight is 588 g/mol. The molecule has 3 aromatic heterocycles. The highest BCUT2D eigenvalue weighted by Crippen LogP contribution is 2.34. The molecule has 0 aliphatic carbocycles. The largest absolute Gasteiger partial charge is 0.469 e. The van der Waals surface area contributed by atoms with Crippen LogP contribution in [0.5, 0.6) is 0 Å². The number of pyridine rings is 1. The fourth-order valence-corrected chi connectivity index (χ4v) is 7.21. The van der Waals surface area contributed by atoms with Crippen molar-refractivity contribution in [3.63, 3.8) is 0 Å². The Morgan fingerprint density at radius 1 is 1.32 bits per heavy atom. The van der Waals surface area contributed by atoms with Gasteiger partial charge in [-0.15, -0.1) is 10.2 Å². The van der Waals surface area contributed by atoms with Crippen molar-refractivity contribution in [3.8, 4) is 10.8 Å². The Kier molecular flexibility index (Phi) is 8.10. The van der Waals surface area contributed by atoms with Crippen LogP contribution in [0.2, 0.25) is 30.7 Å². The van der Waals surface area contributed by atoms with Gasteiger partial charge in [0.25, 0.3) is 0 Å². The SMILES string of the molecule is COC(=O)Cc1nnc(-c2ncc3c(Cl)cc(S(=O)(=O)N(COCC[Si](C)(C)C)C4(C)COC4)cn23)s1. The molecule has 0 N–H and O–H groups in total. The van der Waals surface area contributed by atoms with Crippen LogP contribution in [0.25, 0.3) is 16.3 Å².